The maximum atomic E-state index is 11.7. The van der Waals surface area contributed by atoms with Gasteiger partial charge in [-0.2, -0.15) is 0 Å². The third-order valence-corrected chi connectivity index (χ3v) is 2.87. The number of hydrogen-bond acceptors (Lipinski definition) is 2. The van der Waals surface area contributed by atoms with Gasteiger partial charge in [0, 0.05) is 5.03 Å². The first-order valence-corrected chi connectivity index (χ1v) is 5.38. The molecule has 1 aromatic carbocycles. The average molecular weight is 239 g/mol. The van der Waals surface area contributed by atoms with E-state index in [1.165, 1.54) is 0 Å². The second-order valence-corrected chi connectivity index (χ2v) is 4.55. The Morgan fingerprint density at radius 2 is 1.94 bits per heavy atom. The van der Waals surface area contributed by atoms with Gasteiger partial charge < -0.3 is 4.74 Å². The van der Waals surface area contributed by atoms with Crippen molar-refractivity contribution >= 4 is 17.6 Å². The zero-order valence-electron chi connectivity index (χ0n) is 9.50. The van der Waals surface area contributed by atoms with Crippen molar-refractivity contribution in [3.8, 4) is 0 Å². The summed E-state index contributed by atoms with van der Waals surface area (Å²) in [5.74, 6) is -0.364. The molecular weight excluding hydrogens is 224 g/mol. The quantitative estimate of drug-likeness (QED) is 0.751. The molecule has 3 heteroatoms. The van der Waals surface area contributed by atoms with E-state index in [4.69, 9.17) is 16.3 Å². The van der Waals surface area contributed by atoms with E-state index in [0.717, 1.165) is 5.56 Å². The summed E-state index contributed by atoms with van der Waals surface area (Å²) in [5.41, 5.74) is 0.0999. The lowest BCUT2D eigenvalue weighted by atomic mass is 9.94. The molecule has 16 heavy (non-hydrogen) atoms. The minimum atomic E-state index is -0.851. The van der Waals surface area contributed by atoms with Crippen LogP contribution < -0.4 is 0 Å². The number of ether oxygens (including phenoxy) is 1. The number of carbonyl (C=O) groups excluding carboxylic acids is 1. The van der Waals surface area contributed by atoms with Crippen LogP contribution in [0.15, 0.2) is 41.9 Å². The second kappa shape index (κ2) is 5.17. The lowest BCUT2D eigenvalue weighted by Gasteiger charge is -2.21. The average Bonchev–Trinajstić information content (AvgIpc) is 2.27. The predicted octanol–water partition coefficient (Wildman–Crippen LogP) is 3.51. The molecule has 2 nitrogen and oxygen atoms in total. The van der Waals surface area contributed by atoms with Crippen molar-refractivity contribution in [2.45, 2.75) is 20.5 Å². The Morgan fingerprint density at radius 3 is 2.44 bits per heavy atom. The van der Waals surface area contributed by atoms with E-state index in [2.05, 4.69) is 6.58 Å². The SMILES string of the molecule is C=C(Cl)C(C)(C)C(=O)OCc1ccccc1. The van der Waals surface area contributed by atoms with Crippen molar-refractivity contribution in [2.75, 3.05) is 0 Å². The summed E-state index contributed by atoms with van der Waals surface area (Å²) in [6, 6.07) is 9.51. The summed E-state index contributed by atoms with van der Waals surface area (Å²) in [6.07, 6.45) is 0. The van der Waals surface area contributed by atoms with Crippen molar-refractivity contribution in [1.82, 2.24) is 0 Å². The summed E-state index contributed by atoms with van der Waals surface area (Å²) in [5, 5.41) is 0.283. The van der Waals surface area contributed by atoms with Gasteiger partial charge >= 0.3 is 5.97 Å². The fourth-order valence-electron chi connectivity index (χ4n) is 1.01. The highest BCUT2D eigenvalue weighted by Crippen LogP contribution is 2.29. The smallest absolute Gasteiger partial charge is 0.317 e. The molecule has 0 aliphatic rings. The molecule has 0 atom stereocenters. The Bertz CT molecular complexity index is 382. The van der Waals surface area contributed by atoms with Gasteiger partial charge in [-0.05, 0) is 19.4 Å². The van der Waals surface area contributed by atoms with Gasteiger partial charge in [0.1, 0.15) is 6.61 Å². The number of rotatable bonds is 4. The maximum absolute atomic E-state index is 11.7. The first-order valence-electron chi connectivity index (χ1n) is 5.00. The van der Waals surface area contributed by atoms with E-state index < -0.39 is 5.41 Å². The fraction of sp³-hybridized carbons (Fsp3) is 0.308. The molecule has 0 aliphatic heterocycles. The number of hydrogen-bond donors (Lipinski definition) is 0. The number of esters is 1. The molecule has 0 unspecified atom stereocenters. The highest BCUT2D eigenvalue weighted by Gasteiger charge is 2.31. The Morgan fingerprint density at radius 1 is 1.38 bits per heavy atom. The van der Waals surface area contributed by atoms with Crippen LogP contribution in [0.2, 0.25) is 0 Å². The predicted molar refractivity (Wildman–Crippen MR) is 65.0 cm³/mol. The zero-order chi connectivity index (χ0) is 12.2. The van der Waals surface area contributed by atoms with Crippen LogP contribution >= 0.6 is 11.6 Å². The molecule has 0 N–H and O–H groups in total. The molecule has 0 heterocycles. The van der Waals surface area contributed by atoms with Crippen LogP contribution in [0.5, 0.6) is 0 Å². The third kappa shape index (κ3) is 3.11. The maximum Gasteiger partial charge on any atom is 0.317 e. The Balaban J connectivity index is 2.57. The molecule has 0 bridgehead atoms. The summed E-state index contributed by atoms with van der Waals surface area (Å²) < 4.78 is 5.17. The van der Waals surface area contributed by atoms with Gasteiger partial charge in [0.25, 0.3) is 0 Å². The van der Waals surface area contributed by atoms with E-state index in [0.29, 0.717) is 0 Å². The molecule has 0 spiro atoms. The van der Waals surface area contributed by atoms with E-state index in [9.17, 15) is 4.79 Å². The van der Waals surface area contributed by atoms with Gasteiger partial charge in [0.15, 0.2) is 0 Å². The molecule has 0 aromatic heterocycles. The van der Waals surface area contributed by atoms with Gasteiger partial charge in [-0.3, -0.25) is 4.79 Å². The first-order chi connectivity index (χ1) is 7.44. The monoisotopic (exact) mass is 238 g/mol. The topological polar surface area (TPSA) is 26.3 Å². The van der Waals surface area contributed by atoms with E-state index >= 15 is 0 Å². The Hall–Kier alpha value is -1.28. The van der Waals surface area contributed by atoms with Crippen LogP contribution in [0.4, 0.5) is 0 Å². The molecule has 0 fully saturated rings. The normalized spacial score (nSPS) is 10.9. The van der Waals surface area contributed by atoms with Crippen molar-refractivity contribution < 1.29 is 9.53 Å². The molecular formula is C13H15ClO2. The van der Waals surface area contributed by atoms with E-state index in [1.807, 2.05) is 30.3 Å². The molecule has 1 aromatic rings. The van der Waals surface area contributed by atoms with Gasteiger partial charge in [-0.1, -0.05) is 48.5 Å². The highest BCUT2D eigenvalue weighted by molar-refractivity contribution is 6.31. The molecule has 1 rings (SSSR count). The van der Waals surface area contributed by atoms with Crippen molar-refractivity contribution in [3.63, 3.8) is 0 Å². The molecule has 0 aliphatic carbocycles. The van der Waals surface area contributed by atoms with Crippen LogP contribution in [0.25, 0.3) is 0 Å². The summed E-state index contributed by atoms with van der Waals surface area (Å²) in [7, 11) is 0. The van der Waals surface area contributed by atoms with Gasteiger partial charge in [-0.15, -0.1) is 0 Å². The molecule has 86 valence electrons. The van der Waals surface area contributed by atoms with Gasteiger partial charge in [0.05, 0.1) is 5.41 Å². The molecule has 0 amide bonds. The lowest BCUT2D eigenvalue weighted by Crippen LogP contribution is -2.26. The van der Waals surface area contributed by atoms with Gasteiger partial charge in [0.2, 0.25) is 0 Å². The van der Waals surface area contributed by atoms with Crippen LogP contribution in [-0.4, -0.2) is 5.97 Å². The number of halogens is 1. The minimum Gasteiger partial charge on any atom is -0.460 e. The van der Waals surface area contributed by atoms with E-state index in [1.54, 1.807) is 13.8 Å². The van der Waals surface area contributed by atoms with Crippen LogP contribution in [0.1, 0.15) is 19.4 Å². The summed E-state index contributed by atoms with van der Waals surface area (Å²) >= 11 is 5.75. The minimum absolute atomic E-state index is 0.257. The highest BCUT2D eigenvalue weighted by atomic mass is 35.5. The third-order valence-electron chi connectivity index (χ3n) is 2.40. The molecule has 0 saturated carbocycles. The number of carbonyl (C=O) groups is 1. The number of benzene rings is 1. The fourth-order valence-corrected chi connectivity index (χ4v) is 1.09. The van der Waals surface area contributed by atoms with Crippen molar-refractivity contribution in [2.24, 2.45) is 5.41 Å². The summed E-state index contributed by atoms with van der Waals surface area (Å²) in [6.45, 7) is 7.20. The standard InChI is InChI=1S/C13H15ClO2/c1-10(14)13(2,3)12(15)16-9-11-7-5-4-6-8-11/h4-8H,1,9H2,2-3H3. The van der Waals surface area contributed by atoms with Crippen LogP contribution in [0.3, 0.4) is 0 Å². The lowest BCUT2D eigenvalue weighted by molar-refractivity contribution is -0.152. The zero-order valence-corrected chi connectivity index (χ0v) is 10.3. The Labute approximate surface area is 101 Å². The van der Waals surface area contributed by atoms with Crippen molar-refractivity contribution in [1.29, 1.82) is 0 Å². The molecule has 0 saturated heterocycles. The first kappa shape index (κ1) is 12.8. The van der Waals surface area contributed by atoms with Gasteiger partial charge in [-0.25, -0.2) is 0 Å². The van der Waals surface area contributed by atoms with E-state index in [-0.39, 0.29) is 17.6 Å². The summed E-state index contributed by atoms with van der Waals surface area (Å²) in [4.78, 5) is 11.7. The van der Waals surface area contributed by atoms with Crippen LogP contribution in [0, 0.1) is 5.41 Å². The largest absolute Gasteiger partial charge is 0.460 e. The van der Waals surface area contributed by atoms with Crippen molar-refractivity contribution in [3.05, 3.63) is 47.5 Å². The van der Waals surface area contributed by atoms with Crippen LogP contribution in [-0.2, 0) is 16.1 Å². The molecule has 0 radical (unpaired) electrons. The second-order valence-electron chi connectivity index (χ2n) is 4.09. The Kier molecular flexibility index (Phi) is 4.13.